The van der Waals surface area contributed by atoms with Gasteiger partial charge in [0.2, 0.25) is 0 Å². The zero-order valence-electron chi connectivity index (χ0n) is 8.02. The largest absolute Gasteiger partial charge is 0.311 e. The summed E-state index contributed by atoms with van der Waals surface area (Å²) in [7, 11) is 0. The van der Waals surface area contributed by atoms with Crippen molar-refractivity contribution in [2.24, 2.45) is 0 Å². The molecule has 0 aromatic heterocycles. The summed E-state index contributed by atoms with van der Waals surface area (Å²) in [6.45, 7) is 7.18. The van der Waals surface area contributed by atoms with E-state index in [1.165, 1.54) is 0 Å². The van der Waals surface area contributed by atoms with Crippen LogP contribution in [0.4, 0.5) is 4.39 Å². The summed E-state index contributed by atoms with van der Waals surface area (Å²) >= 11 is 0. The molecule has 1 rings (SSSR count). The summed E-state index contributed by atoms with van der Waals surface area (Å²) in [5.41, 5.74) is 0. The highest BCUT2D eigenvalue weighted by molar-refractivity contribution is 4.80. The van der Waals surface area contributed by atoms with E-state index in [-0.39, 0.29) is 6.67 Å². The first-order chi connectivity index (χ1) is 5.74. The van der Waals surface area contributed by atoms with E-state index in [9.17, 15) is 4.39 Å². The van der Waals surface area contributed by atoms with Crippen molar-refractivity contribution in [3.63, 3.8) is 0 Å². The molecule has 0 unspecified atom stereocenters. The van der Waals surface area contributed by atoms with Gasteiger partial charge in [-0.2, -0.15) is 0 Å². The van der Waals surface area contributed by atoms with Gasteiger partial charge in [-0.1, -0.05) is 0 Å². The van der Waals surface area contributed by atoms with Gasteiger partial charge in [0, 0.05) is 31.7 Å². The molecule has 0 amide bonds. The van der Waals surface area contributed by atoms with Crippen LogP contribution in [0.2, 0.25) is 0 Å². The van der Waals surface area contributed by atoms with Crippen molar-refractivity contribution in [1.29, 1.82) is 0 Å². The van der Waals surface area contributed by atoms with E-state index in [1.54, 1.807) is 0 Å². The van der Waals surface area contributed by atoms with Gasteiger partial charge in [-0.15, -0.1) is 0 Å². The van der Waals surface area contributed by atoms with Gasteiger partial charge in [-0.25, -0.2) is 0 Å². The van der Waals surface area contributed by atoms with Gasteiger partial charge in [-0.05, 0) is 20.3 Å². The van der Waals surface area contributed by atoms with E-state index < -0.39 is 0 Å². The lowest BCUT2D eigenvalue weighted by molar-refractivity contribution is 0.141. The topological polar surface area (TPSA) is 15.3 Å². The molecule has 72 valence electrons. The number of rotatable bonds is 3. The highest BCUT2D eigenvalue weighted by Gasteiger charge is 2.21. The van der Waals surface area contributed by atoms with Crippen molar-refractivity contribution < 1.29 is 4.39 Å². The first kappa shape index (κ1) is 9.93. The van der Waals surface area contributed by atoms with Crippen LogP contribution < -0.4 is 5.32 Å². The molecule has 1 N–H and O–H groups in total. The highest BCUT2D eigenvalue weighted by Crippen LogP contribution is 2.06. The smallest absolute Gasteiger partial charge is 0.0906 e. The maximum atomic E-state index is 11.9. The Bertz CT molecular complexity index is 130. The molecule has 12 heavy (non-hydrogen) atoms. The molecule has 0 bridgehead atoms. The third kappa shape index (κ3) is 2.72. The molecular weight excluding hydrogens is 155 g/mol. The summed E-state index contributed by atoms with van der Waals surface area (Å²) in [6.07, 6.45) is 0.678. The SMILES string of the molecule is C[C@@H]1CN[C@@H](C)CN1CCCF. The fourth-order valence-corrected chi connectivity index (χ4v) is 1.67. The van der Waals surface area contributed by atoms with Crippen LogP contribution in [0.25, 0.3) is 0 Å². The van der Waals surface area contributed by atoms with Gasteiger partial charge in [0.25, 0.3) is 0 Å². The molecule has 1 aliphatic heterocycles. The molecule has 2 atom stereocenters. The molecule has 0 aliphatic carbocycles. The lowest BCUT2D eigenvalue weighted by atomic mass is 10.1. The molecule has 0 radical (unpaired) electrons. The molecule has 2 nitrogen and oxygen atoms in total. The van der Waals surface area contributed by atoms with Crippen molar-refractivity contribution >= 4 is 0 Å². The average Bonchev–Trinajstić information content (AvgIpc) is 2.07. The van der Waals surface area contributed by atoms with Gasteiger partial charge in [-0.3, -0.25) is 9.29 Å². The molecule has 0 saturated carbocycles. The quantitative estimate of drug-likeness (QED) is 0.687. The summed E-state index contributed by atoms with van der Waals surface area (Å²) in [5.74, 6) is 0. The summed E-state index contributed by atoms with van der Waals surface area (Å²) in [5, 5.41) is 3.40. The molecule has 0 spiro atoms. The third-order valence-electron chi connectivity index (χ3n) is 2.47. The Hall–Kier alpha value is -0.150. The van der Waals surface area contributed by atoms with Crippen molar-refractivity contribution in [1.82, 2.24) is 10.2 Å². The van der Waals surface area contributed by atoms with Crippen LogP contribution in [-0.2, 0) is 0 Å². The second-order valence-electron chi connectivity index (χ2n) is 3.70. The maximum Gasteiger partial charge on any atom is 0.0906 e. The lowest BCUT2D eigenvalue weighted by Gasteiger charge is -2.37. The van der Waals surface area contributed by atoms with Gasteiger partial charge in [0.1, 0.15) is 0 Å². The monoisotopic (exact) mass is 174 g/mol. The van der Waals surface area contributed by atoms with Crippen LogP contribution in [0.1, 0.15) is 20.3 Å². The zero-order valence-corrected chi connectivity index (χ0v) is 8.02. The van der Waals surface area contributed by atoms with Crippen LogP contribution in [0.3, 0.4) is 0 Å². The van der Waals surface area contributed by atoms with Gasteiger partial charge in [0.05, 0.1) is 6.67 Å². The predicted molar refractivity (Wildman–Crippen MR) is 49.1 cm³/mol. The van der Waals surface area contributed by atoms with Crippen molar-refractivity contribution in [2.75, 3.05) is 26.3 Å². The molecule has 1 heterocycles. The number of hydrogen-bond acceptors (Lipinski definition) is 2. The minimum atomic E-state index is -0.189. The van der Waals surface area contributed by atoms with Crippen molar-refractivity contribution in [3.8, 4) is 0 Å². The Morgan fingerprint density at radius 1 is 1.50 bits per heavy atom. The molecule has 3 heteroatoms. The number of nitrogens with one attached hydrogen (secondary N) is 1. The summed E-state index contributed by atoms with van der Waals surface area (Å²) < 4.78 is 11.9. The first-order valence-electron chi connectivity index (χ1n) is 4.77. The Morgan fingerprint density at radius 3 is 2.92 bits per heavy atom. The van der Waals surface area contributed by atoms with Crippen molar-refractivity contribution in [2.45, 2.75) is 32.4 Å². The predicted octanol–water partition coefficient (Wildman–Crippen LogP) is 1.03. The molecule has 1 fully saturated rings. The van der Waals surface area contributed by atoms with Gasteiger partial charge >= 0.3 is 0 Å². The second kappa shape index (κ2) is 4.77. The number of piperazine rings is 1. The summed E-state index contributed by atoms with van der Waals surface area (Å²) in [6, 6.07) is 1.12. The Morgan fingerprint density at radius 2 is 2.25 bits per heavy atom. The Kier molecular flexibility index (Phi) is 3.95. The normalized spacial score (nSPS) is 32.2. The van der Waals surface area contributed by atoms with E-state index in [0.29, 0.717) is 18.5 Å². The Labute approximate surface area is 74.1 Å². The van der Waals surface area contributed by atoms with Crippen LogP contribution in [0.15, 0.2) is 0 Å². The van der Waals surface area contributed by atoms with E-state index in [0.717, 1.165) is 19.6 Å². The zero-order chi connectivity index (χ0) is 8.97. The molecule has 0 aromatic rings. The third-order valence-corrected chi connectivity index (χ3v) is 2.47. The summed E-state index contributed by atoms with van der Waals surface area (Å²) in [4.78, 5) is 2.36. The standard InChI is InChI=1S/C9H19FN2/c1-8-7-12(5-3-4-10)9(2)6-11-8/h8-9,11H,3-7H2,1-2H3/t8-,9+/m0/s1. The number of hydrogen-bond donors (Lipinski definition) is 1. The first-order valence-corrected chi connectivity index (χ1v) is 4.77. The minimum Gasteiger partial charge on any atom is -0.311 e. The molecule has 1 aliphatic rings. The van der Waals surface area contributed by atoms with E-state index >= 15 is 0 Å². The fourth-order valence-electron chi connectivity index (χ4n) is 1.67. The number of alkyl halides is 1. The minimum absolute atomic E-state index is 0.189. The van der Waals surface area contributed by atoms with E-state index in [4.69, 9.17) is 0 Å². The second-order valence-corrected chi connectivity index (χ2v) is 3.70. The number of nitrogens with zero attached hydrogens (tertiary/aromatic N) is 1. The van der Waals surface area contributed by atoms with Crippen LogP contribution in [0.5, 0.6) is 0 Å². The fraction of sp³-hybridized carbons (Fsp3) is 1.00. The Balaban J connectivity index is 2.28. The van der Waals surface area contributed by atoms with Gasteiger partial charge in [0.15, 0.2) is 0 Å². The average molecular weight is 174 g/mol. The molecule has 1 saturated heterocycles. The van der Waals surface area contributed by atoms with E-state index in [2.05, 4.69) is 24.1 Å². The molecule has 0 aromatic carbocycles. The van der Waals surface area contributed by atoms with Crippen LogP contribution >= 0.6 is 0 Å². The van der Waals surface area contributed by atoms with Crippen LogP contribution in [0, 0.1) is 0 Å². The lowest BCUT2D eigenvalue weighted by Crippen LogP contribution is -2.54. The van der Waals surface area contributed by atoms with Crippen molar-refractivity contribution in [3.05, 3.63) is 0 Å². The van der Waals surface area contributed by atoms with Gasteiger partial charge < -0.3 is 5.32 Å². The van der Waals surface area contributed by atoms with Crippen LogP contribution in [-0.4, -0.2) is 43.3 Å². The van der Waals surface area contributed by atoms with E-state index in [1.807, 2.05) is 0 Å². The maximum absolute atomic E-state index is 11.9. The number of halogens is 1. The molecular formula is C9H19FN2. The highest BCUT2D eigenvalue weighted by atomic mass is 19.1.